The number of benzene rings is 2. The van der Waals surface area contributed by atoms with Crippen molar-refractivity contribution in [2.45, 2.75) is 46.2 Å². The van der Waals surface area contributed by atoms with Gasteiger partial charge in [0.1, 0.15) is 0 Å². The van der Waals surface area contributed by atoms with Crippen molar-refractivity contribution in [1.82, 2.24) is 4.90 Å². The van der Waals surface area contributed by atoms with E-state index < -0.39 is 0 Å². The Kier molecular flexibility index (Phi) is 6.26. The summed E-state index contributed by atoms with van der Waals surface area (Å²) in [6, 6.07) is 13.7. The predicted molar refractivity (Wildman–Crippen MR) is 118 cm³/mol. The van der Waals surface area contributed by atoms with Crippen molar-refractivity contribution in [3.05, 3.63) is 59.2 Å². The van der Waals surface area contributed by atoms with Gasteiger partial charge in [-0.25, -0.2) is 0 Å². The molecule has 0 radical (unpaired) electrons. The van der Waals surface area contributed by atoms with Gasteiger partial charge in [-0.2, -0.15) is 0 Å². The zero-order chi connectivity index (χ0) is 21.1. The van der Waals surface area contributed by atoms with Crippen LogP contribution in [0.25, 0.3) is 0 Å². The van der Waals surface area contributed by atoms with Gasteiger partial charge in [-0.15, -0.1) is 0 Å². The molecule has 0 heterocycles. The molecular formula is C24H31N3O2. The van der Waals surface area contributed by atoms with E-state index in [0.717, 1.165) is 35.3 Å². The maximum Gasteiger partial charge on any atom is 0.254 e. The van der Waals surface area contributed by atoms with Gasteiger partial charge in [0.05, 0.1) is 0 Å². The van der Waals surface area contributed by atoms with Crippen LogP contribution in [0.4, 0.5) is 11.4 Å². The number of carbonyl (C=O) groups excluding carboxylic acids is 2. The van der Waals surface area contributed by atoms with Crippen LogP contribution >= 0.6 is 0 Å². The number of hydrogen-bond donors (Lipinski definition) is 1. The Morgan fingerprint density at radius 1 is 1.10 bits per heavy atom. The second-order valence-corrected chi connectivity index (χ2v) is 8.40. The topological polar surface area (TPSA) is 52.7 Å². The molecule has 2 aromatic carbocycles. The molecule has 5 heteroatoms. The SMILES string of the molecule is Cc1cccc(C(=O)N(Cc2cc(NC(=O)C3CC3)ccc2N(C)C)C(C)C)c1. The van der Waals surface area contributed by atoms with Crippen LogP contribution < -0.4 is 10.2 Å². The Morgan fingerprint density at radius 2 is 1.83 bits per heavy atom. The minimum atomic E-state index is 0.0147. The Balaban J connectivity index is 1.89. The summed E-state index contributed by atoms with van der Waals surface area (Å²) < 4.78 is 0. The number of rotatable bonds is 7. The molecule has 1 N–H and O–H groups in total. The minimum Gasteiger partial charge on any atom is -0.377 e. The van der Waals surface area contributed by atoms with Crippen molar-refractivity contribution in [3.63, 3.8) is 0 Å². The van der Waals surface area contributed by atoms with Crippen LogP contribution in [0.1, 0.15) is 48.2 Å². The molecule has 0 unspecified atom stereocenters. The molecule has 0 spiro atoms. The number of carbonyl (C=O) groups is 2. The maximum absolute atomic E-state index is 13.2. The average molecular weight is 394 g/mol. The molecule has 3 rings (SSSR count). The molecular weight excluding hydrogens is 362 g/mol. The Bertz CT molecular complexity index is 901. The first kappa shape index (κ1) is 20.9. The highest BCUT2D eigenvalue weighted by Gasteiger charge is 2.29. The lowest BCUT2D eigenvalue weighted by Crippen LogP contribution is -2.36. The highest BCUT2D eigenvalue weighted by atomic mass is 16.2. The van der Waals surface area contributed by atoms with Crippen LogP contribution in [-0.2, 0) is 11.3 Å². The van der Waals surface area contributed by atoms with Crippen molar-refractivity contribution in [3.8, 4) is 0 Å². The van der Waals surface area contributed by atoms with Crippen LogP contribution in [0.15, 0.2) is 42.5 Å². The summed E-state index contributed by atoms with van der Waals surface area (Å²) in [6.07, 6.45) is 1.95. The van der Waals surface area contributed by atoms with Gasteiger partial charge in [-0.05, 0) is 69.5 Å². The van der Waals surface area contributed by atoms with E-state index in [-0.39, 0.29) is 23.8 Å². The molecule has 2 aromatic rings. The standard InChI is InChI=1S/C24H31N3O2/c1-16(2)27(24(29)19-8-6-7-17(3)13-19)15-20-14-21(11-12-22(20)26(4)5)25-23(28)18-9-10-18/h6-8,11-14,16,18H,9-10,15H2,1-5H3,(H,25,28). The normalized spacial score (nSPS) is 13.3. The molecule has 1 aliphatic carbocycles. The highest BCUT2D eigenvalue weighted by Crippen LogP contribution is 2.31. The molecule has 0 bridgehead atoms. The number of aryl methyl sites for hydroxylation is 1. The van der Waals surface area contributed by atoms with Gasteiger partial charge in [-0.3, -0.25) is 9.59 Å². The second-order valence-electron chi connectivity index (χ2n) is 8.40. The summed E-state index contributed by atoms with van der Waals surface area (Å²) in [6.45, 7) is 6.53. The van der Waals surface area contributed by atoms with Crippen LogP contribution in [0, 0.1) is 12.8 Å². The number of nitrogens with zero attached hydrogens (tertiary/aromatic N) is 2. The average Bonchev–Trinajstić information content (AvgIpc) is 3.50. The number of nitrogens with one attached hydrogen (secondary N) is 1. The first-order valence-corrected chi connectivity index (χ1v) is 10.2. The van der Waals surface area contributed by atoms with Gasteiger partial charge in [0.15, 0.2) is 0 Å². The van der Waals surface area contributed by atoms with Crippen molar-refractivity contribution in [2.75, 3.05) is 24.3 Å². The lowest BCUT2D eigenvalue weighted by molar-refractivity contribution is -0.117. The second kappa shape index (κ2) is 8.68. The molecule has 0 saturated heterocycles. The summed E-state index contributed by atoms with van der Waals surface area (Å²) in [5.41, 5.74) is 4.60. The van der Waals surface area contributed by atoms with Crippen LogP contribution in [-0.4, -0.2) is 36.9 Å². The minimum absolute atomic E-state index is 0.0147. The van der Waals surface area contributed by atoms with Crippen LogP contribution in [0.5, 0.6) is 0 Å². The predicted octanol–water partition coefficient (Wildman–Crippen LogP) is 4.46. The molecule has 2 amide bonds. The first-order valence-electron chi connectivity index (χ1n) is 10.2. The molecule has 0 atom stereocenters. The lowest BCUT2D eigenvalue weighted by atomic mass is 10.1. The van der Waals surface area contributed by atoms with E-state index in [1.807, 2.05) is 87.1 Å². The van der Waals surface area contributed by atoms with E-state index in [0.29, 0.717) is 12.1 Å². The van der Waals surface area contributed by atoms with E-state index in [2.05, 4.69) is 5.32 Å². The third-order valence-electron chi connectivity index (χ3n) is 5.27. The molecule has 0 aliphatic heterocycles. The zero-order valence-corrected chi connectivity index (χ0v) is 18.0. The fourth-order valence-corrected chi connectivity index (χ4v) is 3.43. The summed E-state index contributed by atoms with van der Waals surface area (Å²) in [7, 11) is 3.98. The first-order chi connectivity index (χ1) is 13.8. The quantitative estimate of drug-likeness (QED) is 0.756. The maximum atomic E-state index is 13.2. The highest BCUT2D eigenvalue weighted by molar-refractivity contribution is 5.95. The summed E-state index contributed by atoms with van der Waals surface area (Å²) in [4.78, 5) is 29.3. The summed E-state index contributed by atoms with van der Waals surface area (Å²) in [5, 5.41) is 3.02. The largest absolute Gasteiger partial charge is 0.377 e. The molecule has 154 valence electrons. The van der Waals surface area contributed by atoms with Crippen molar-refractivity contribution >= 4 is 23.2 Å². The Morgan fingerprint density at radius 3 is 2.41 bits per heavy atom. The van der Waals surface area contributed by atoms with Gasteiger partial charge in [-0.1, -0.05) is 17.7 Å². The molecule has 1 fully saturated rings. The number of hydrogen-bond acceptors (Lipinski definition) is 3. The van der Waals surface area contributed by atoms with Gasteiger partial charge in [0, 0.05) is 49.5 Å². The number of anilines is 2. The van der Waals surface area contributed by atoms with Gasteiger partial charge in [0.2, 0.25) is 5.91 Å². The summed E-state index contributed by atoms with van der Waals surface area (Å²) >= 11 is 0. The van der Waals surface area contributed by atoms with Crippen LogP contribution in [0.2, 0.25) is 0 Å². The third kappa shape index (κ3) is 5.17. The lowest BCUT2D eigenvalue weighted by Gasteiger charge is -2.29. The van der Waals surface area contributed by atoms with E-state index in [1.165, 1.54) is 0 Å². The molecule has 1 saturated carbocycles. The van der Waals surface area contributed by atoms with E-state index in [4.69, 9.17) is 0 Å². The molecule has 0 aromatic heterocycles. The molecule has 5 nitrogen and oxygen atoms in total. The smallest absolute Gasteiger partial charge is 0.254 e. The third-order valence-corrected chi connectivity index (χ3v) is 5.27. The van der Waals surface area contributed by atoms with Crippen molar-refractivity contribution in [1.29, 1.82) is 0 Å². The molecule has 29 heavy (non-hydrogen) atoms. The van der Waals surface area contributed by atoms with Crippen molar-refractivity contribution in [2.24, 2.45) is 5.92 Å². The molecule has 1 aliphatic rings. The Labute approximate surface area is 173 Å². The number of amides is 2. The van der Waals surface area contributed by atoms with Crippen LogP contribution in [0.3, 0.4) is 0 Å². The van der Waals surface area contributed by atoms with Gasteiger partial charge in [0.25, 0.3) is 5.91 Å². The Hall–Kier alpha value is -2.82. The van der Waals surface area contributed by atoms with E-state index >= 15 is 0 Å². The van der Waals surface area contributed by atoms with E-state index in [9.17, 15) is 9.59 Å². The van der Waals surface area contributed by atoms with Gasteiger partial charge < -0.3 is 15.1 Å². The fourth-order valence-electron chi connectivity index (χ4n) is 3.43. The fraction of sp³-hybridized carbons (Fsp3) is 0.417. The summed E-state index contributed by atoms with van der Waals surface area (Å²) in [5.74, 6) is 0.257. The monoisotopic (exact) mass is 393 g/mol. The van der Waals surface area contributed by atoms with Crippen molar-refractivity contribution < 1.29 is 9.59 Å². The van der Waals surface area contributed by atoms with Gasteiger partial charge >= 0.3 is 0 Å². The zero-order valence-electron chi connectivity index (χ0n) is 18.0. The van der Waals surface area contributed by atoms with E-state index in [1.54, 1.807) is 0 Å².